The molecule has 0 atom stereocenters. The average Bonchev–Trinajstić information content (AvgIpc) is 2.36. The first kappa shape index (κ1) is 12.5. The highest BCUT2D eigenvalue weighted by atomic mass is 16.6. The third-order valence-electron chi connectivity index (χ3n) is 2.40. The Bertz CT molecular complexity index is 560. The summed E-state index contributed by atoms with van der Waals surface area (Å²) in [4.78, 5) is 4.14. The molecule has 0 saturated heterocycles. The predicted octanol–water partition coefficient (Wildman–Crippen LogP) is 0.600. The molecule has 94 valence electrons. The van der Waals surface area contributed by atoms with Crippen LogP contribution in [0, 0.1) is 0 Å². The SMILES string of the molecule is COc1cc2cc(OB(O)O)cnc2cc1OC. The van der Waals surface area contributed by atoms with Gasteiger partial charge in [0.15, 0.2) is 11.5 Å². The van der Waals surface area contributed by atoms with Gasteiger partial charge in [-0.3, -0.25) is 4.98 Å². The molecule has 0 fully saturated rings. The quantitative estimate of drug-likeness (QED) is 0.772. The van der Waals surface area contributed by atoms with Gasteiger partial charge in [0.2, 0.25) is 0 Å². The summed E-state index contributed by atoms with van der Waals surface area (Å²) in [6, 6.07) is 5.09. The summed E-state index contributed by atoms with van der Waals surface area (Å²) < 4.78 is 15.1. The summed E-state index contributed by atoms with van der Waals surface area (Å²) in [5.74, 6) is 1.39. The van der Waals surface area contributed by atoms with Gasteiger partial charge in [-0.15, -0.1) is 0 Å². The maximum Gasteiger partial charge on any atom is 0.707 e. The van der Waals surface area contributed by atoms with Gasteiger partial charge in [0.25, 0.3) is 0 Å². The topological polar surface area (TPSA) is 81.0 Å². The van der Waals surface area contributed by atoms with Gasteiger partial charge in [-0.05, 0) is 12.1 Å². The molecule has 1 heterocycles. The molecule has 0 bridgehead atoms. The lowest BCUT2D eigenvalue weighted by Crippen LogP contribution is -2.20. The van der Waals surface area contributed by atoms with Crippen molar-refractivity contribution in [2.45, 2.75) is 0 Å². The number of aromatic nitrogens is 1. The van der Waals surface area contributed by atoms with Crippen LogP contribution in [0.5, 0.6) is 17.2 Å². The Morgan fingerprint density at radius 2 is 1.72 bits per heavy atom. The van der Waals surface area contributed by atoms with E-state index in [0.717, 1.165) is 5.39 Å². The average molecular weight is 249 g/mol. The Hall–Kier alpha value is -1.99. The zero-order valence-electron chi connectivity index (χ0n) is 9.95. The van der Waals surface area contributed by atoms with E-state index in [1.54, 1.807) is 25.3 Å². The van der Waals surface area contributed by atoms with E-state index >= 15 is 0 Å². The zero-order valence-corrected chi connectivity index (χ0v) is 9.95. The Morgan fingerprint density at radius 3 is 2.33 bits per heavy atom. The van der Waals surface area contributed by atoms with Crippen LogP contribution in [0.15, 0.2) is 24.4 Å². The highest BCUT2D eigenvalue weighted by Gasteiger charge is 2.13. The van der Waals surface area contributed by atoms with E-state index in [2.05, 4.69) is 4.98 Å². The molecule has 7 heteroatoms. The predicted molar refractivity (Wildman–Crippen MR) is 65.7 cm³/mol. The van der Waals surface area contributed by atoms with Gasteiger partial charge in [0.1, 0.15) is 5.75 Å². The molecule has 6 nitrogen and oxygen atoms in total. The lowest BCUT2D eigenvalue weighted by molar-refractivity contribution is 0.288. The molecular formula is C11H12BNO5. The van der Waals surface area contributed by atoms with Crippen LogP contribution >= 0.6 is 0 Å². The largest absolute Gasteiger partial charge is 0.707 e. The highest BCUT2D eigenvalue weighted by molar-refractivity contribution is 6.33. The van der Waals surface area contributed by atoms with Gasteiger partial charge in [-0.2, -0.15) is 0 Å². The zero-order chi connectivity index (χ0) is 13.1. The number of pyridine rings is 1. The van der Waals surface area contributed by atoms with Crippen LogP contribution in [0.1, 0.15) is 0 Å². The number of ether oxygens (including phenoxy) is 2. The molecule has 0 radical (unpaired) electrons. The van der Waals surface area contributed by atoms with Gasteiger partial charge in [0, 0.05) is 11.5 Å². The molecule has 0 saturated carbocycles. The lowest BCUT2D eigenvalue weighted by Gasteiger charge is -2.10. The van der Waals surface area contributed by atoms with Crippen molar-refractivity contribution < 1.29 is 24.2 Å². The lowest BCUT2D eigenvalue weighted by atomic mass is 10.2. The number of hydrogen-bond acceptors (Lipinski definition) is 6. The molecule has 18 heavy (non-hydrogen) atoms. The van der Waals surface area contributed by atoms with Crippen LogP contribution in [0.3, 0.4) is 0 Å². The fraction of sp³-hybridized carbons (Fsp3) is 0.182. The molecule has 0 unspecified atom stereocenters. The molecule has 0 amide bonds. The van der Waals surface area contributed by atoms with Crippen LogP contribution in [0.2, 0.25) is 0 Å². The summed E-state index contributed by atoms with van der Waals surface area (Å²) >= 11 is 0. The number of nitrogens with zero attached hydrogens (tertiary/aromatic N) is 1. The third-order valence-corrected chi connectivity index (χ3v) is 2.40. The first-order valence-electron chi connectivity index (χ1n) is 5.18. The fourth-order valence-corrected chi connectivity index (χ4v) is 1.62. The van der Waals surface area contributed by atoms with E-state index in [-0.39, 0.29) is 5.75 Å². The molecule has 1 aromatic heterocycles. The van der Waals surface area contributed by atoms with Crippen LogP contribution in [0.4, 0.5) is 0 Å². The molecule has 0 spiro atoms. The van der Waals surface area contributed by atoms with Crippen molar-refractivity contribution in [1.29, 1.82) is 0 Å². The van der Waals surface area contributed by atoms with Crippen LogP contribution in [-0.4, -0.2) is 36.6 Å². The summed E-state index contributed by atoms with van der Waals surface area (Å²) in [5.41, 5.74) is 0.687. The van der Waals surface area contributed by atoms with E-state index in [1.165, 1.54) is 13.3 Å². The fourth-order valence-electron chi connectivity index (χ4n) is 1.62. The molecular weight excluding hydrogens is 237 g/mol. The van der Waals surface area contributed by atoms with Crippen LogP contribution in [0.25, 0.3) is 10.9 Å². The number of rotatable bonds is 4. The van der Waals surface area contributed by atoms with E-state index in [9.17, 15) is 0 Å². The van der Waals surface area contributed by atoms with Crippen molar-refractivity contribution in [3.05, 3.63) is 24.4 Å². The Morgan fingerprint density at radius 1 is 1.06 bits per heavy atom. The number of methoxy groups -OCH3 is 2. The normalized spacial score (nSPS) is 10.2. The van der Waals surface area contributed by atoms with Crippen LogP contribution in [-0.2, 0) is 0 Å². The minimum atomic E-state index is -1.87. The smallest absolute Gasteiger partial charge is 0.511 e. The number of benzene rings is 1. The van der Waals surface area contributed by atoms with E-state index in [4.69, 9.17) is 24.2 Å². The maximum absolute atomic E-state index is 8.72. The van der Waals surface area contributed by atoms with Gasteiger partial charge >= 0.3 is 7.32 Å². The van der Waals surface area contributed by atoms with Crippen molar-refractivity contribution in [3.63, 3.8) is 0 Å². The van der Waals surface area contributed by atoms with Crippen molar-refractivity contribution in [2.75, 3.05) is 14.2 Å². The monoisotopic (exact) mass is 249 g/mol. The molecule has 0 aliphatic heterocycles. The first-order valence-corrected chi connectivity index (χ1v) is 5.18. The molecule has 1 aromatic carbocycles. The Kier molecular flexibility index (Phi) is 3.54. The summed E-state index contributed by atoms with van der Waals surface area (Å²) in [5, 5.41) is 18.2. The minimum Gasteiger partial charge on any atom is -0.511 e. The molecule has 2 N–H and O–H groups in total. The van der Waals surface area contributed by atoms with Crippen molar-refractivity contribution >= 4 is 18.2 Å². The van der Waals surface area contributed by atoms with Crippen molar-refractivity contribution in [1.82, 2.24) is 4.98 Å². The summed E-state index contributed by atoms with van der Waals surface area (Å²) in [7, 11) is 1.21. The molecule has 2 aromatic rings. The third kappa shape index (κ3) is 2.47. The Labute approximate surface area is 104 Å². The second kappa shape index (κ2) is 5.11. The molecule has 2 rings (SSSR count). The van der Waals surface area contributed by atoms with E-state index in [0.29, 0.717) is 17.0 Å². The second-order valence-electron chi connectivity index (χ2n) is 3.52. The summed E-state index contributed by atoms with van der Waals surface area (Å²) in [6.45, 7) is 0. The van der Waals surface area contributed by atoms with E-state index < -0.39 is 7.32 Å². The standard InChI is InChI=1S/C11H12BNO5/c1-16-10-4-7-3-8(18-12(14)15)6-13-9(7)5-11(10)17-2/h3-6,14-15H,1-2H3. The van der Waals surface area contributed by atoms with Gasteiger partial charge in [0.05, 0.1) is 25.9 Å². The molecule has 0 aliphatic rings. The second-order valence-corrected chi connectivity index (χ2v) is 3.52. The first-order chi connectivity index (χ1) is 8.63. The number of hydrogen-bond donors (Lipinski definition) is 2. The minimum absolute atomic E-state index is 0.254. The van der Waals surface area contributed by atoms with Crippen molar-refractivity contribution in [3.8, 4) is 17.2 Å². The number of fused-ring (bicyclic) bond motifs is 1. The van der Waals surface area contributed by atoms with Gasteiger partial charge in [-0.1, -0.05) is 0 Å². The Balaban J connectivity index is 2.49. The highest BCUT2D eigenvalue weighted by Crippen LogP contribution is 2.32. The van der Waals surface area contributed by atoms with Crippen LogP contribution < -0.4 is 14.1 Å². The van der Waals surface area contributed by atoms with Gasteiger partial charge < -0.3 is 24.2 Å². The van der Waals surface area contributed by atoms with Gasteiger partial charge in [-0.25, -0.2) is 0 Å². The molecule has 0 aliphatic carbocycles. The van der Waals surface area contributed by atoms with E-state index in [1.807, 2.05) is 0 Å². The maximum atomic E-state index is 8.72. The van der Waals surface area contributed by atoms with Crippen molar-refractivity contribution in [2.24, 2.45) is 0 Å². The summed E-state index contributed by atoms with van der Waals surface area (Å²) in [6.07, 6.45) is 1.40.